The standard InChI is InChI=1S/C14H22BrN3/c15-13-2-1-3-14(10-13)17-11-12-4-7-18(8-5-12)9-6-16/h1-3,10,12,17H,4-9,11,16H2. The molecule has 100 valence electrons. The molecule has 0 radical (unpaired) electrons. The van der Waals surface area contributed by atoms with Gasteiger partial charge in [0.1, 0.15) is 0 Å². The SMILES string of the molecule is NCCN1CCC(CNc2cccc(Br)c2)CC1. The number of likely N-dealkylation sites (tertiary alicyclic amines) is 1. The molecule has 1 heterocycles. The average molecular weight is 312 g/mol. The second kappa shape index (κ2) is 7.12. The van der Waals surface area contributed by atoms with E-state index in [1.807, 2.05) is 0 Å². The fourth-order valence-corrected chi connectivity index (χ4v) is 2.86. The lowest BCUT2D eigenvalue weighted by Crippen LogP contribution is -2.38. The van der Waals surface area contributed by atoms with Crippen molar-refractivity contribution in [3.8, 4) is 0 Å². The fourth-order valence-electron chi connectivity index (χ4n) is 2.46. The molecule has 0 unspecified atom stereocenters. The molecule has 1 aromatic carbocycles. The summed E-state index contributed by atoms with van der Waals surface area (Å²) in [7, 11) is 0. The number of benzene rings is 1. The molecule has 0 amide bonds. The van der Waals surface area contributed by atoms with Crippen LogP contribution in [0.5, 0.6) is 0 Å². The Labute approximate surface area is 118 Å². The Morgan fingerprint density at radius 1 is 1.33 bits per heavy atom. The summed E-state index contributed by atoms with van der Waals surface area (Å²) in [4.78, 5) is 2.47. The van der Waals surface area contributed by atoms with Crippen LogP contribution >= 0.6 is 15.9 Å². The summed E-state index contributed by atoms with van der Waals surface area (Å²) in [6.07, 6.45) is 2.56. The van der Waals surface area contributed by atoms with Crippen molar-refractivity contribution < 1.29 is 0 Å². The largest absolute Gasteiger partial charge is 0.385 e. The van der Waals surface area contributed by atoms with Gasteiger partial charge in [-0.2, -0.15) is 0 Å². The first-order valence-electron chi connectivity index (χ1n) is 6.70. The number of hydrogen-bond donors (Lipinski definition) is 2. The zero-order valence-corrected chi connectivity index (χ0v) is 12.3. The van der Waals surface area contributed by atoms with Gasteiger partial charge in [-0.3, -0.25) is 0 Å². The van der Waals surface area contributed by atoms with Gasteiger partial charge in [-0.25, -0.2) is 0 Å². The van der Waals surface area contributed by atoms with Crippen LogP contribution in [-0.2, 0) is 0 Å². The van der Waals surface area contributed by atoms with Crippen LogP contribution in [0.15, 0.2) is 28.7 Å². The van der Waals surface area contributed by atoms with Gasteiger partial charge in [0.2, 0.25) is 0 Å². The van der Waals surface area contributed by atoms with Crippen molar-refractivity contribution in [3.05, 3.63) is 28.7 Å². The van der Waals surface area contributed by atoms with Crippen molar-refractivity contribution in [1.29, 1.82) is 0 Å². The molecule has 3 N–H and O–H groups in total. The van der Waals surface area contributed by atoms with Crippen molar-refractivity contribution in [3.63, 3.8) is 0 Å². The summed E-state index contributed by atoms with van der Waals surface area (Å²) in [5.74, 6) is 0.790. The molecule has 1 aromatic rings. The summed E-state index contributed by atoms with van der Waals surface area (Å²) in [5, 5.41) is 3.53. The minimum atomic E-state index is 0.779. The number of hydrogen-bond acceptors (Lipinski definition) is 3. The predicted molar refractivity (Wildman–Crippen MR) is 80.9 cm³/mol. The van der Waals surface area contributed by atoms with Crippen molar-refractivity contribution >= 4 is 21.6 Å². The van der Waals surface area contributed by atoms with Gasteiger partial charge < -0.3 is 16.0 Å². The van der Waals surface area contributed by atoms with Gasteiger partial charge in [0.05, 0.1) is 0 Å². The molecule has 4 heteroatoms. The molecule has 0 bridgehead atoms. The fraction of sp³-hybridized carbons (Fsp3) is 0.571. The highest BCUT2D eigenvalue weighted by atomic mass is 79.9. The number of nitrogens with zero attached hydrogens (tertiary/aromatic N) is 1. The molecule has 1 saturated heterocycles. The van der Waals surface area contributed by atoms with Crippen LogP contribution in [0.2, 0.25) is 0 Å². The van der Waals surface area contributed by atoms with E-state index in [-0.39, 0.29) is 0 Å². The lowest BCUT2D eigenvalue weighted by Gasteiger charge is -2.31. The van der Waals surface area contributed by atoms with Crippen LogP contribution in [0.25, 0.3) is 0 Å². The summed E-state index contributed by atoms with van der Waals surface area (Å²) >= 11 is 3.49. The van der Waals surface area contributed by atoms with E-state index in [4.69, 9.17) is 5.73 Å². The van der Waals surface area contributed by atoms with Gasteiger partial charge in [0, 0.05) is 29.8 Å². The first-order chi connectivity index (χ1) is 8.78. The normalized spacial score (nSPS) is 17.9. The molecule has 2 rings (SSSR count). The topological polar surface area (TPSA) is 41.3 Å². The van der Waals surface area contributed by atoms with Crippen LogP contribution in [-0.4, -0.2) is 37.6 Å². The molecular weight excluding hydrogens is 290 g/mol. The molecule has 0 atom stereocenters. The number of piperidine rings is 1. The lowest BCUT2D eigenvalue weighted by molar-refractivity contribution is 0.194. The average Bonchev–Trinajstić information content (AvgIpc) is 2.38. The Kier molecular flexibility index (Phi) is 5.47. The summed E-state index contributed by atoms with van der Waals surface area (Å²) in [6, 6.07) is 8.37. The first kappa shape index (κ1) is 13.8. The molecule has 1 fully saturated rings. The molecule has 1 aliphatic heterocycles. The van der Waals surface area contributed by atoms with Crippen LogP contribution in [0.1, 0.15) is 12.8 Å². The highest BCUT2D eigenvalue weighted by Gasteiger charge is 2.18. The van der Waals surface area contributed by atoms with E-state index < -0.39 is 0 Å². The van der Waals surface area contributed by atoms with E-state index in [0.717, 1.165) is 30.0 Å². The van der Waals surface area contributed by atoms with E-state index in [1.165, 1.54) is 31.6 Å². The third-order valence-corrected chi connectivity index (χ3v) is 4.07. The van der Waals surface area contributed by atoms with Gasteiger partial charge in [0.25, 0.3) is 0 Å². The summed E-state index contributed by atoms with van der Waals surface area (Å²) < 4.78 is 1.13. The zero-order chi connectivity index (χ0) is 12.8. The van der Waals surface area contributed by atoms with E-state index in [2.05, 4.69) is 50.4 Å². The maximum absolute atomic E-state index is 5.58. The van der Waals surface area contributed by atoms with Gasteiger partial charge >= 0.3 is 0 Å². The van der Waals surface area contributed by atoms with Gasteiger partial charge in [-0.1, -0.05) is 22.0 Å². The maximum atomic E-state index is 5.58. The third kappa shape index (κ3) is 4.26. The van der Waals surface area contributed by atoms with Crippen molar-refractivity contribution in [2.45, 2.75) is 12.8 Å². The monoisotopic (exact) mass is 311 g/mol. The van der Waals surface area contributed by atoms with E-state index in [0.29, 0.717) is 0 Å². The number of nitrogens with two attached hydrogens (primary N) is 1. The van der Waals surface area contributed by atoms with Crippen molar-refractivity contribution in [2.75, 3.05) is 38.0 Å². The Balaban J connectivity index is 1.72. The molecule has 3 nitrogen and oxygen atoms in total. The smallest absolute Gasteiger partial charge is 0.0351 e. The molecule has 1 aliphatic rings. The first-order valence-corrected chi connectivity index (χ1v) is 7.49. The van der Waals surface area contributed by atoms with E-state index >= 15 is 0 Å². The Bertz CT molecular complexity index is 362. The number of nitrogens with one attached hydrogen (secondary N) is 1. The number of rotatable bonds is 5. The van der Waals surface area contributed by atoms with E-state index in [9.17, 15) is 0 Å². The van der Waals surface area contributed by atoms with Crippen LogP contribution in [0, 0.1) is 5.92 Å². The molecule has 0 spiro atoms. The van der Waals surface area contributed by atoms with E-state index in [1.54, 1.807) is 0 Å². The van der Waals surface area contributed by atoms with Crippen LogP contribution in [0.3, 0.4) is 0 Å². The highest BCUT2D eigenvalue weighted by molar-refractivity contribution is 9.10. The number of halogens is 1. The molecular formula is C14H22BrN3. The molecule has 0 saturated carbocycles. The van der Waals surface area contributed by atoms with Crippen LogP contribution < -0.4 is 11.1 Å². The predicted octanol–water partition coefficient (Wildman–Crippen LogP) is 2.53. The van der Waals surface area contributed by atoms with Gasteiger partial charge in [0.15, 0.2) is 0 Å². The maximum Gasteiger partial charge on any atom is 0.0351 e. The molecule has 0 aliphatic carbocycles. The van der Waals surface area contributed by atoms with Crippen molar-refractivity contribution in [2.24, 2.45) is 11.7 Å². The highest BCUT2D eigenvalue weighted by Crippen LogP contribution is 2.19. The Morgan fingerprint density at radius 2 is 2.11 bits per heavy atom. The zero-order valence-electron chi connectivity index (χ0n) is 10.7. The molecule has 0 aromatic heterocycles. The van der Waals surface area contributed by atoms with Gasteiger partial charge in [-0.05, 0) is 50.0 Å². The number of anilines is 1. The minimum absolute atomic E-state index is 0.779. The second-order valence-corrected chi connectivity index (χ2v) is 5.88. The molecule has 18 heavy (non-hydrogen) atoms. The van der Waals surface area contributed by atoms with Crippen molar-refractivity contribution in [1.82, 2.24) is 4.90 Å². The second-order valence-electron chi connectivity index (χ2n) is 4.96. The summed E-state index contributed by atoms with van der Waals surface area (Å²) in [6.45, 7) is 5.30. The lowest BCUT2D eigenvalue weighted by atomic mass is 9.96. The van der Waals surface area contributed by atoms with Gasteiger partial charge in [-0.15, -0.1) is 0 Å². The third-order valence-electron chi connectivity index (χ3n) is 3.57. The summed E-state index contributed by atoms with van der Waals surface area (Å²) in [5.41, 5.74) is 6.79. The minimum Gasteiger partial charge on any atom is -0.385 e. The Hall–Kier alpha value is -0.580. The quantitative estimate of drug-likeness (QED) is 0.878. The van der Waals surface area contributed by atoms with Crippen LogP contribution in [0.4, 0.5) is 5.69 Å². The Morgan fingerprint density at radius 3 is 2.78 bits per heavy atom.